The largest absolute Gasteiger partial charge is 0.482 e. The van der Waals surface area contributed by atoms with Crippen LogP contribution < -0.4 is 10.1 Å². The first-order valence-electron chi connectivity index (χ1n) is 7.26. The second-order valence-corrected chi connectivity index (χ2v) is 4.64. The maximum absolute atomic E-state index is 11.4. The van der Waals surface area contributed by atoms with Crippen molar-refractivity contribution in [1.82, 2.24) is 5.32 Å². The third-order valence-electron chi connectivity index (χ3n) is 3.20. The molecule has 112 valence electrons. The first-order chi connectivity index (χ1) is 10.3. The number of benzene rings is 2. The van der Waals surface area contributed by atoms with E-state index in [1.165, 1.54) is 0 Å². The molecule has 0 heterocycles. The fraction of sp³-hybridized carbons (Fsp3) is 0.353. The number of esters is 1. The smallest absolute Gasteiger partial charge is 0.344 e. The molecule has 0 aliphatic heterocycles. The number of fused-ring (bicyclic) bond motifs is 1. The van der Waals surface area contributed by atoms with Crippen LogP contribution in [-0.2, 0) is 16.1 Å². The average Bonchev–Trinajstić information content (AvgIpc) is 2.51. The summed E-state index contributed by atoms with van der Waals surface area (Å²) in [6.07, 6.45) is 0. The van der Waals surface area contributed by atoms with Gasteiger partial charge in [0.2, 0.25) is 0 Å². The van der Waals surface area contributed by atoms with Gasteiger partial charge in [0.15, 0.2) is 6.61 Å². The summed E-state index contributed by atoms with van der Waals surface area (Å²) in [7, 11) is 0. The molecule has 0 aliphatic carbocycles. The molecule has 0 saturated carbocycles. The van der Waals surface area contributed by atoms with E-state index < -0.39 is 0 Å². The zero-order chi connectivity index (χ0) is 15.1. The Labute approximate surface area is 125 Å². The van der Waals surface area contributed by atoms with Crippen LogP contribution in [0.1, 0.15) is 19.4 Å². The van der Waals surface area contributed by atoms with Crippen molar-refractivity contribution < 1.29 is 14.3 Å². The van der Waals surface area contributed by atoms with E-state index in [4.69, 9.17) is 9.47 Å². The van der Waals surface area contributed by atoms with Gasteiger partial charge in [-0.1, -0.05) is 37.3 Å². The Hall–Kier alpha value is -2.07. The number of carbonyl (C=O) groups is 1. The molecule has 0 aliphatic rings. The molecular weight excluding hydrogens is 266 g/mol. The fourth-order valence-corrected chi connectivity index (χ4v) is 2.22. The van der Waals surface area contributed by atoms with Crippen LogP contribution in [0.2, 0.25) is 0 Å². The summed E-state index contributed by atoms with van der Waals surface area (Å²) in [6, 6.07) is 12.1. The van der Waals surface area contributed by atoms with E-state index in [9.17, 15) is 4.79 Å². The quantitative estimate of drug-likeness (QED) is 0.795. The van der Waals surface area contributed by atoms with Gasteiger partial charge < -0.3 is 14.8 Å². The van der Waals surface area contributed by atoms with Crippen LogP contribution in [0.15, 0.2) is 36.4 Å². The maximum atomic E-state index is 11.4. The van der Waals surface area contributed by atoms with Crippen molar-refractivity contribution in [2.75, 3.05) is 19.8 Å². The predicted molar refractivity (Wildman–Crippen MR) is 83.5 cm³/mol. The number of hydrogen-bond donors (Lipinski definition) is 1. The van der Waals surface area contributed by atoms with Crippen LogP contribution in [0, 0.1) is 0 Å². The summed E-state index contributed by atoms with van der Waals surface area (Å²) in [5.74, 6) is 0.378. The third-order valence-corrected chi connectivity index (χ3v) is 3.20. The van der Waals surface area contributed by atoms with Crippen LogP contribution in [-0.4, -0.2) is 25.7 Å². The van der Waals surface area contributed by atoms with Crippen LogP contribution >= 0.6 is 0 Å². The highest BCUT2D eigenvalue weighted by molar-refractivity contribution is 5.87. The lowest BCUT2D eigenvalue weighted by atomic mass is 10.0. The van der Waals surface area contributed by atoms with Crippen LogP contribution in [0.4, 0.5) is 0 Å². The first kappa shape index (κ1) is 15.3. The summed E-state index contributed by atoms with van der Waals surface area (Å²) < 4.78 is 10.5. The Bertz CT molecular complexity index is 610. The predicted octanol–water partition coefficient (Wildman–Crippen LogP) is 2.89. The van der Waals surface area contributed by atoms with Crippen LogP contribution in [0.5, 0.6) is 5.75 Å². The Kier molecular flexibility index (Phi) is 5.58. The van der Waals surface area contributed by atoms with E-state index in [0.29, 0.717) is 13.2 Å². The van der Waals surface area contributed by atoms with Gasteiger partial charge in [-0.25, -0.2) is 4.79 Å². The second kappa shape index (κ2) is 7.64. The summed E-state index contributed by atoms with van der Waals surface area (Å²) in [5.41, 5.74) is 1.07. The standard InChI is InChI=1S/C17H21NO3/c1-3-18-11-15-14-8-6-5-7-13(14)9-10-16(15)21-12-17(19)20-4-2/h5-10,18H,3-4,11-12H2,1-2H3. The molecule has 0 amide bonds. The molecular formula is C17H21NO3. The van der Waals surface area contributed by atoms with Gasteiger partial charge >= 0.3 is 5.97 Å². The summed E-state index contributed by atoms with van der Waals surface area (Å²) in [4.78, 5) is 11.4. The van der Waals surface area contributed by atoms with E-state index in [0.717, 1.165) is 28.6 Å². The SMILES string of the molecule is CCNCc1c(OCC(=O)OCC)ccc2ccccc12. The van der Waals surface area contributed by atoms with Crippen molar-refractivity contribution in [3.8, 4) is 5.75 Å². The monoisotopic (exact) mass is 287 g/mol. The van der Waals surface area contributed by atoms with E-state index in [1.54, 1.807) is 6.92 Å². The Balaban J connectivity index is 2.26. The zero-order valence-electron chi connectivity index (χ0n) is 12.5. The molecule has 1 N–H and O–H groups in total. The van der Waals surface area contributed by atoms with Gasteiger partial charge in [0, 0.05) is 12.1 Å². The third kappa shape index (κ3) is 3.95. The molecule has 2 aromatic rings. The molecule has 0 bridgehead atoms. The lowest BCUT2D eigenvalue weighted by molar-refractivity contribution is -0.145. The van der Waals surface area contributed by atoms with E-state index in [2.05, 4.69) is 24.4 Å². The van der Waals surface area contributed by atoms with Crippen molar-refractivity contribution in [2.24, 2.45) is 0 Å². The van der Waals surface area contributed by atoms with Crippen molar-refractivity contribution in [2.45, 2.75) is 20.4 Å². The van der Waals surface area contributed by atoms with Gasteiger partial charge in [-0.15, -0.1) is 0 Å². The molecule has 4 heteroatoms. The van der Waals surface area contributed by atoms with Gasteiger partial charge in [0.1, 0.15) is 5.75 Å². The zero-order valence-corrected chi connectivity index (χ0v) is 12.5. The number of carbonyl (C=O) groups excluding carboxylic acids is 1. The van der Waals surface area contributed by atoms with E-state index in [1.807, 2.05) is 24.3 Å². The summed E-state index contributed by atoms with van der Waals surface area (Å²) in [5, 5.41) is 5.61. The highest BCUT2D eigenvalue weighted by atomic mass is 16.6. The number of nitrogens with one attached hydrogen (secondary N) is 1. The molecule has 0 unspecified atom stereocenters. The normalized spacial score (nSPS) is 10.6. The van der Waals surface area contributed by atoms with Gasteiger partial charge in [0.25, 0.3) is 0 Å². The Morgan fingerprint density at radius 3 is 2.71 bits per heavy atom. The topological polar surface area (TPSA) is 47.6 Å². The number of ether oxygens (including phenoxy) is 2. The lowest BCUT2D eigenvalue weighted by Crippen LogP contribution is -2.17. The van der Waals surface area contributed by atoms with Crippen LogP contribution in [0.25, 0.3) is 10.8 Å². The second-order valence-electron chi connectivity index (χ2n) is 4.64. The van der Waals surface area contributed by atoms with Crippen molar-refractivity contribution in [3.63, 3.8) is 0 Å². The average molecular weight is 287 g/mol. The van der Waals surface area contributed by atoms with Crippen LogP contribution in [0.3, 0.4) is 0 Å². The molecule has 4 nitrogen and oxygen atoms in total. The van der Waals surface area contributed by atoms with Crippen molar-refractivity contribution >= 4 is 16.7 Å². The maximum Gasteiger partial charge on any atom is 0.344 e. The van der Waals surface area contributed by atoms with E-state index in [-0.39, 0.29) is 12.6 Å². The van der Waals surface area contributed by atoms with E-state index >= 15 is 0 Å². The molecule has 0 aromatic heterocycles. The van der Waals surface area contributed by atoms with Gasteiger partial charge in [0.05, 0.1) is 6.61 Å². The molecule has 0 fully saturated rings. The molecule has 2 rings (SSSR count). The summed E-state index contributed by atoms with van der Waals surface area (Å²) in [6.45, 7) is 5.72. The number of hydrogen-bond acceptors (Lipinski definition) is 4. The number of rotatable bonds is 7. The molecule has 2 aromatic carbocycles. The van der Waals surface area contributed by atoms with Crippen molar-refractivity contribution in [3.05, 3.63) is 42.0 Å². The van der Waals surface area contributed by atoms with Gasteiger partial charge in [-0.2, -0.15) is 0 Å². The first-order valence-corrected chi connectivity index (χ1v) is 7.26. The Morgan fingerprint density at radius 1 is 1.14 bits per heavy atom. The minimum atomic E-state index is -0.347. The minimum Gasteiger partial charge on any atom is -0.482 e. The van der Waals surface area contributed by atoms with Gasteiger partial charge in [-0.05, 0) is 30.3 Å². The lowest BCUT2D eigenvalue weighted by Gasteiger charge is -2.14. The highest BCUT2D eigenvalue weighted by Crippen LogP contribution is 2.28. The Morgan fingerprint density at radius 2 is 1.95 bits per heavy atom. The fourth-order valence-electron chi connectivity index (χ4n) is 2.22. The molecule has 0 saturated heterocycles. The molecule has 0 spiro atoms. The molecule has 0 radical (unpaired) electrons. The molecule has 0 atom stereocenters. The highest BCUT2D eigenvalue weighted by Gasteiger charge is 2.10. The minimum absolute atomic E-state index is 0.0642. The van der Waals surface area contributed by atoms with Crippen molar-refractivity contribution in [1.29, 1.82) is 0 Å². The summed E-state index contributed by atoms with van der Waals surface area (Å²) >= 11 is 0. The molecule has 21 heavy (non-hydrogen) atoms. The van der Waals surface area contributed by atoms with Gasteiger partial charge in [-0.3, -0.25) is 0 Å².